The minimum atomic E-state index is -3.18. The molecule has 0 spiro atoms. The maximum atomic E-state index is 2.66. The van der Waals surface area contributed by atoms with Gasteiger partial charge in [-0.25, -0.2) is 0 Å². The van der Waals surface area contributed by atoms with Gasteiger partial charge in [-0.05, 0) is 0 Å². The summed E-state index contributed by atoms with van der Waals surface area (Å²) in [7, 11) is 0. The summed E-state index contributed by atoms with van der Waals surface area (Å²) in [6.07, 6.45) is 6.73. The van der Waals surface area contributed by atoms with Crippen molar-refractivity contribution in [3.05, 3.63) is 129 Å². The summed E-state index contributed by atoms with van der Waals surface area (Å²) < 4.78 is 4.24. The molecule has 2 aliphatic carbocycles. The smallest absolute Gasteiger partial charge is 1.00 e. The van der Waals surface area contributed by atoms with Gasteiger partial charge in [0.25, 0.3) is 0 Å². The molecule has 4 aromatic carbocycles. The van der Waals surface area contributed by atoms with Crippen molar-refractivity contribution in [1.82, 2.24) is 0 Å². The normalized spacial score (nSPS) is 18.9. The van der Waals surface area contributed by atoms with Gasteiger partial charge in [-0.2, -0.15) is 0 Å². The van der Waals surface area contributed by atoms with Crippen LogP contribution in [0.5, 0.6) is 0 Å². The van der Waals surface area contributed by atoms with Crippen LogP contribution in [0.3, 0.4) is 0 Å². The molecular formula is C43H48Cl2Hf. The maximum Gasteiger partial charge on any atom is -1.00 e. The van der Waals surface area contributed by atoms with E-state index in [4.69, 9.17) is 0 Å². The molecule has 7 rings (SSSR count). The first-order valence-corrected chi connectivity index (χ1v) is 26.0. The van der Waals surface area contributed by atoms with Crippen LogP contribution in [-0.2, 0) is 20.0 Å². The first-order chi connectivity index (χ1) is 20.9. The molecule has 1 fully saturated rings. The summed E-state index contributed by atoms with van der Waals surface area (Å²) >= 11 is -3.18. The molecule has 2 atom stereocenters. The molecule has 1 saturated heterocycles. The van der Waals surface area contributed by atoms with Crippen LogP contribution in [0.25, 0.3) is 34.4 Å². The number of allylic oxidation sites excluding steroid dienone is 2. The van der Waals surface area contributed by atoms with Crippen molar-refractivity contribution in [1.29, 1.82) is 0 Å². The van der Waals surface area contributed by atoms with E-state index in [0.29, 0.717) is 7.35 Å². The van der Waals surface area contributed by atoms with Crippen LogP contribution in [0.15, 0.2) is 96.1 Å². The third-order valence-corrected chi connectivity index (χ3v) is 33.0. The molecule has 1 aliphatic heterocycles. The Hall–Kier alpha value is -2.19. The molecule has 3 aliphatic rings. The van der Waals surface area contributed by atoms with Gasteiger partial charge in [0.05, 0.1) is 0 Å². The van der Waals surface area contributed by atoms with Gasteiger partial charge in [-0.3, -0.25) is 0 Å². The summed E-state index contributed by atoms with van der Waals surface area (Å²) in [5.74, 6) is 0. The van der Waals surface area contributed by atoms with Crippen LogP contribution in [0, 0.1) is 24.7 Å². The van der Waals surface area contributed by atoms with E-state index in [1.165, 1.54) is 59.3 Å². The van der Waals surface area contributed by atoms with Gasteiger partial charge in [-0.1, -0.05) is 0 Å². The van der Waals surface area contributed by atoms with E-state index < -0.39 is 20.0 Å². The van der Waals surface area contributed by atoms with Gasteiger partial charge in [0.2, 0.25) is 0 Å². The van der Waals surface area contributed by atoms with Crippen LogP contribution in [0.4, 0.5) is 0 Å². The molecule has 0 N–H and O–H groups in total. The standard InChI is InChI=1S/2C20H21.C3H6.2ClH.Hf/c2*1-14-8-10-15(11-9-14)18-7-5-6-16-12-17(13-19(16)18)20(2,3)4;1-3-2;;;/h2*5-13H,1-4H3;1-3H2;2*1H;/q;;;;;+2/p-2. The van der Waals surface area contributed by atoms with Crippen molar-refractivity contribution in [3.63, 3.8) is 0 Å². The fraction of sp³-hybridized carbons (Fsp3) is 0.349. The molecule has 46 heavy (non-hydrogen) atoms. The Morgan fingerprint density at radius 3 is 1.20 bits per heavy atom. The number of halogens is 2. The van der Waals surface area contributed by atoms with E-state index in [2.05, 4.69) is 152 Å². The van der Waals surface area contributed by atoms with Gasteiger partial charge < -0.3 is 24.8 Å². The molecule has 2 unspecified atom stereocenters. The molecular weight excluding hydrogens is 766 g/mol. The summed E-state index contributed by atoms with van der Waals surface area (Å²) in [5.41, 5.74) is 18.2. The minimum Gasteiger partial charge on any atom is -1.00 e. The van der Waals surface area contributed by atoms with Crippen molar-refractivity contribution in [3.8, 4) is 22.3 Å². The Morgan fingerprint density at radius 2 is 0.891 bits per heavy atom. The molecule has 0 nitrogen and oxygen atoms in total. The molecule has 238 valence electrons. The Morgan fingerprint density at radius 1 is 0.522 bits per heavy atom. The minimum absolute atomic E-state index is 0. The van der Waals surface area contributed by atoms with Gasteiger partial charge in [0, 0.05) is 0 Å². The summed E-state index contributed by atoms with van der Waals surface area (Å²) in [4.78, 5) is 0. The molecule has 0 saturated carbocycles. The third kappa shape index (κ3) is 5.77. The fourth-order valence-corrected chi connectivity index (χ4v) is 32.6. The number of fused-ring (bicyclic) bond motifs is 2. The Labute approximate surface area is 295 Å². The molecule has 0 aromatic heterocycles. The third-order valence-electron chi connectivity index (χ3n) is 11.0. The molecule has 4 aromatic rings. The monoisotopic (exact) mass is 814 g/mol. The zero-order chi connectivity index (χ0) is 31.0. The van der Waals surface area contributed by atoms with Gasteiger partial charge in [0.15, 0.2) is 0 Å². The van der Waals surface area contributed by atoms with Crippen molar-refractivity contribution >= 4 is 12.2 Å². The second-order valence-corrected chi connectivity index (χ2v) is 32.6. The average Bonchev–Trinajstić information content (AvgIpc) is 3.54. The van der Waals surface area contributed by atoms with E-state index in [1.54, 1.807) is 22.3 Å². The Balaban J connectivity index is 0.00000208. The van der Waals surface area contributed by atoms with Gasteiger partial charge >= 0.3 is 272 Å². The van der Waals surface area contributed by atoms with Crippen molar-refractivity contribution < 1.29 is 44.8 Å². The quantitative estimate of drug-likeness (QED) is 0.201. The SMILES string of the molecule is Cc1ccc(-c2cccc3c2C=C(C(C)(C)C)[CH]3[Hf+2]2([CH]3C(C(C)(C)C)=Cc4c(-c5ccc(C)cc5)cccc43)[CH2]C[CH2]2)cc1.[Cl-].[Cl-]. The van der Waals surface area contributed by atoms with E-state index in [-0.39, 0.29) is 35.6 Å². The number of rotatable bonds is 4. The van der Waals surface area contributed by atoms with Crippen LogP contribution in [0.2, 0.25) is 8.35 Å². The van der Waals surface area contributed by atoms with Crippen LogP contribution in [0.1, 0.15) is 88.7 Å². The summed E-state index contributed by atoms with van der Waals surface area (Å²) in [5, 5.41) is 0. The van der Waals surface area contributed by atoms with Crippen molar-refractivity contribution in [2.45, 2.75) is 77.5 Å². The number of hydrogen-bond acceptors (Lipinski definition) is 0. The largest absolute Gasteiger partial charge is 1.00 e. The molecule has 0 amide bonds. The fourth-order valence-electron chi connectivity index (χ4n) is 8.64. The molecule has 1 heterocycles. The predicted molar refractivity (Wildman–Crippen MR) is 188 cm³/mol. The van der Waals surface area contributed by atoms with Crippen LogP contribution >= 0.6 is 0 Å². The van der Waals surface area contributed by atoms with E-state index in [0.717, 1.165) is 0 Å². The van der Waals surface area contributed by atoms with Crippen molar-refractivity contribution in [2.75, 3.05) is 0 Å². The van der Waals surface area contributed by atoms with Gasteiger partial charge in [0.1, 0.15) is 0 Å². The van der Waals surface area contributed by atoms with Crippen LogP contribution < -0.4 is 24.8 Å². The first kappa shape index (κ1) is 35.1. The van der Waals surface area contributed by atoms with E-state index >= 15 is 0 Å². The topological polar surface area (TPSA) is 0 Å². The zero-order valence-electron chi connectivity index (χ0n) is 28.8. The van der Waals surface area contributed by atoms with Crippen LogP contribution in [-0.4, -0.2) is 0 Å². The molecule has 3 heteroatoms. The van der Waals surface area contributed by atoms with E-state index in [9.17, 15) is 0 Å². The van der Waals surface area contributed by atoms with Crippen molar-refractivity contribution in [2.24, 2.45) is 10.8 Å². The average molecular weight is 814 g/mol. The van der Waals surface area contributed by atoms with Gasteiger partial charge in [-0.15, -0.1) is 0 Å². The second kappa shape index (κ2) is 12.7. The zero-order valence-corrected chi connectivity index (χ0v) is 33.9. The van der Waals surface area contributed by atoms with E-state index in [1.807, 2.05) is 0 Å². The second-order valence-electron chi connectivity index (χ2n) is 16.0. The molecule has 0 bridgehead atoms. The first-order valence-electron chi connectivity index (χ1n) is 16.7. The number of benzene rings is 4. The molecule has 0 radical (unpaired) electrons. The maximum absolute atomic E-state index is 3.18. The Bertz CT molecular complexity index is 1680. The summed E-state index contributed by atoms with van der Waals surface area (Å²) in [6, 6.07) is 32.9. The number of aryl methyl sites for hydroxylation is 2. The Kier molecular flexibility index (Phi) is 9.69. The number of hydrogen-bond donors (Lipinski definition) is 0. The summed E-state index contributed by atoms with van der Waals surface area (Å²) in [6.45, 7) is 19.2. The predicted octanol–water partition coefficient (Wildman–Crippen LogP) is 6.71.